The second-order valence-electron chi connectivity index (χ2n) is 5.92. The first kappa shape index (κ1) is 17.5. The molecule has 0 aromatic heterocycles. The molecule has 0 saturated heterocycles. The van der Waals surface area contributed by atoms with E-state index in [1.807, 2.05) is 44.4 Å². The van der Waals surface area contributed by atoms with Crippen LogP contribution in [0.2, 0.25) is 0 Å². The van der Waals surface area contributed by atoms with Gasteiger partial charge >= 0.3 is 6.03 Å². The number of likely N-dealkylation sites (N-methyl/N-ethyl adjacent to an activating group) is 1. The first-order chi connectivity index (χ1) is 11.5. The first-order valence-corrected chi connectivity index (χ1v) is 7.77. The largest absolute Gasteiger partial charge is 0.351 e. The third-order valence-electron chi connectivity index (χ3n) is 3.51. The van der Waals surface area contributed by atoms with E-state index in [2.05, 4.69) is 10.6 Å². The molecule has 2 aromatic carbocycles. The van der Waals surface area contributed by atoms with Crippen LogP contribution in [0, 0.1) is 0 Å². The van der Waals surface area contributed by atoms with E-state index >= 15 is 0 Å². The van der Waals surface area contributed by atoms with Gasteiger partial charge in [0.05, 0.1) is 14.1 Å². The molecule has 0 fully saturated rings. The Bertz CT molecular complexity index is 701. The Kier molecular flexibility index (Phi) is 5.92. The first-order valence-electron chi connectivity index (χ1n) is 7.77. The maximum absolute atomic E-state index is 12.6. The second-order valence-corrected chi connectivity index (χ2v) is 5.92. The van der Waals surface area contributed by atoms with E-state index in [0.29, 0.717) is 11.3 Å². The minimum Gasteiger partial charge on any atom is -0.351 e. The summed E-state index contributed by atoms with van der Waals surface area (Å²) >= 11 is 0. The van der Waals surface area contributed by atoms with Gasteiger partial charge < -0.3 is 21.3 Å². The third-order valence-corrected chi connectivity index (χ3v) is 3.51. The Hall–Kier alpha value is -2.86. The zero-order valence-electron chi connectivity index (χ0n) is 13.9. The Balaban J connectivity index is 2.17. The van der Waals surface area contributed by atoms with Crippen molar-refractivity contribution >= 4 is 17.6 Å². The van der Waals surface area contributed by atoms with E-state index < -0.39 is 6.03 Å². The number of primary amides is 1. The lowest BCUT2D eigenvalue weighted by atomic mass is 10.1. The van der Waals surface area contributed by atoms with Crippen LogP contribution in [0.3, 0.4) is 0 Å². The molecule has 0 heterocycles. The highest BCUT2D eigenvalue weighted by molar-refractivity contribution is 5.96. The number of rotatable bonds is 6. The summed E-state index contributed by atoms with van der Waals surface area (Å²) in [5.74, 6) is -0.196. The van der Waals surface area contributed by atoms with Crippen LogP contribution in [0.1, 0.15) is 22.0 Å². The van der Waals surface area contributed by atoms with Gasteiger partial charge in [-0.05, 0) is 23.8 Å². The fourth-order valence-electron chi connectivity index (χ4n) is 2.47. The molecule has 1 atom stereocenters. The molecule has 6 heteroatoms. The summed E-state index contributed by atoms with van der Waals surface area (Å²) < 4.78 is 0. The number of benzene rings is 2. The van der Waals surface area contributed by atoms with Crippen molar-refractivity contribution in [1.82, 2.24) is 5.32 Å². The molecule has 0 aliphatic carbocycles. The monoisotopic (exact) mass is 327 g/mol. The van der Waals surface area contributed by atoms with Crippen LogP contribution in [0.4, 0.5) is 10.5 Å². The van der Waals surface area contributed by atoms with Crippen LogP contribution < -0.4 is 21.3 Å². The number of urea groups is 1. The van der Waals surface area contributed by atoms with Crippen molar-refractivity contribution in [2.45, 2.75) is 6.04 Å². The van der Waals surface area contributed by atoms with Gasteiger partial charge in [0.2, 0.25) is 0 Å². The van der Waals surface area contributed by atoms with Gasteiger partial charge in [-0.25, -0.2) is 4.79 Å². The van der Waals surface area contributed by atoms with E-state index in [1.165, 1.54) is 4.90 Å². The van der Waals surface area contributed by atoms with Gasteiger partial charge in [0, 0.05) is 11.3 Å². The summed E-state index contributed by atoms with van der Waals surface area (Å²) in [7, 11) is 4.08. The minimum atomic E-state index is -0.661. The van der Waals surface area contributed by atoms with Crippen LogP contribution in [0.5, 0.6) is 0 Å². The third kappa shape index (κ3) is 5.10. The normalized spacial score (nSPS) is 11.8. The molecule has 5 N–H and O–H groups in total. The number of carbonyl (C=O) groups is 2. The van der Waals surface area contributed by atoms with Gasteiger partial charge in [-0.3, -0.25) is 4.79 Å². The summed E-state index contributed by atoms with van der Waals surface area (Å²) in [5.41, 5.74) is 7.12. The highest BCUT2D eigenvalue weighted by Crippen LogP contribution is 2.14. The molecule has 24 heavy (non-hydrogen) atoms. The molecule has 3 amide bonds. The summed E-state index contributed by atoms with van der Waals surface area (Å²) in [6.45, 7) is 0.759. The summed E-state index contributed by atoms with van der Waals surface area (Å²) in [6.07, 6.45) is 0. The van der Waals surface area contributed by atoms with Crippen molar-refractivity contribution in [3.8, 4) is 0 Å². The molecular weight excluding hydrogens is 304 g/mol. The Morgan fingerprint density at radius 3 is 2.42 bits per heavy atom. The minimum absolute atomic E-state index is 0.101. The smallest absolute Gasteiger partial charge is 0.316 e. The van der Waals surface area contributed by atoms with E-state index in [4.69, 9.17) is 5.73 Å². The summed E-state index contributed by atoms with van der Waals surface area (Å²) in [5, 5.41) is 5.53. The van der Waals surface area contributed by atoms with Crippen molar-refractivity contribution in [3.63, 3.8) is 0 Å². The van der Waals surface area contributed by atoms with E-state index in [9.17, 15) is 9.59 Å². The Morgan fingerprint density at radius 2 is 1.79 bits per heavy atom. The SMILES string of the molecule is C[NH+](C)C[C@@H](NC(=O)c1cccc(NC(N)=O)c1)c1ccccc1. The van der Waals surface area contributed by atoms with Gasteiger partial charge in [-0.15, -0.1) is 0 Å². The standard InChI is InChI=1S/C18H22N4O2/c1-22(2)12-16(13-7-4-3-5-8-13)21-17(23)14-9-6-10-15(11-14)20-18(19)24/h3-11,16H,12H2,1-2H3,(H,21,23)(H3,19,20,24)/p+1/t16-/m1/s1. The zero-order valence-corrected chi connectivity index (χ0v) is 13.9. The number of amides is 3. The number of hydrogen-bond acceptors (Lipinski definition) is 2. The van der Waals surface area contributed by atoms with Crippen LogP contribution in [0.25, 0.3) is 0 Å². The maximum Gasteiger partial charge on any atom is 0.316 e. The van der Waals surface area contributed by atoms with Crippen LogP contribution >= 0.6 is 0 Å². The predicted molar refractivity (Wildman–Crippen MR) is 94.0 cm³/mol. The van der Waals surface area contributed by atoms with Crippen molar-refractivity contribution in [1.29, 1.82) is 0 Å². The number of carbonyl (C=O) groups excluding carboxylic acids is 2. The lowest BCUT2D eigenvalue weighted by molar-refractivity contribution is -0.860. The van der Waals surface area contributed by atoms with Crippen molar-refractivity contribution < 1.29 is 14.5 Å². The number of anilines is 1. The van der Waals surface area contributed by atoms with E-state index in [-0.39, 0.29) is 11.9 Å². The summed E-state index contributed by atoms with van der Waals surface area (Å²) in [6, 6.07) is 15.8. The molecule has 0 spiro atoms. The molecule has 0 aliphatic rings. The number of hydrogen-bond donors (Lipinski definition) is 4. The Labute approximate surface area is 141 Å². The highest BCUT2D eigenvalue weighted by Gasteiger charge is 2.18. The zero-order chi connectivity index (χ0) is 17.5. The van der Waals surface area contributed by atoms with Crippen molar-refractivity contribution in [3.05, 3.63) is 65.7 Å². The lowest BCUT2D eigenvalue weighted by Gasteiger charge is -2.21. The molecule has 0 bridgehead atoms. The van der Waals surface area contributed by atoms with E-state index in [1.54, 1.807) is 24.3 Å². The fourth-order valence-corrected chi connectivity index (χ4v) is 2.47. The molecule has 126 valence electrons. The average Bonchev–Trinajstić information content (AvgIpc) is 2.54. The number of nitrogens with two attached hydrogens (primary N) is 1. The molecule has 0 unspecified atom stereocenters. The predicted octanol–water partition coefficient (Wildman–Crippen LogP) is 0.793. The second kappa shape index (κ2) is 8.12. The summed E-state index contributed by atoms with van der Waals surface area (Å²) in [4.78, 5) is 24.8. The Morgan fingerprint density at radius 1 is 1.08 bits per heavy atom. The van der Waals surface area contributed by atoms with Crippen molar-refractivity contribution in [2.75, 3.05) is 26.0 Å². The quantitative estimate of drug-likeness (QED) is 0.632. The van der Waals surface area contributed by atoms with Gasteiger partial charge in [-0.2, -0.15) is 0 Å². The average molecular weight is 327 g/mol. The molecular formula is C18H23N4O2+. The van der Waals surface area contributed by atoms with Gasteiger partial charge in [0.25, 0.3) is 5.91 Å². The van der Waals surface area contributed by atoms with Gasteiger partial charge in [0.15, 0.2) is 0 Å². The number of quaternary nitrogens is 1. The van der Waals surface area contributed by atoms with E-state index in [0.717, 1.165) is 12.1 Å². The topological polar surface area (TPSA) is 88.7 Å². The van der Waals surface area contributed by atoms with Gasteiger partial charge in [-0.1, -0.05) is 36.4 Å². The molecule has 0 aliphatic heterocycles. The molecule has 2 rings (SSSR count). The highest BCUT2D eigenvalue weighted by atomic mass is 16.2. The van der Waals surface area contributed by atoms with Crippen LogP contribution in [-0.2, 0) is 0 Å². The van der Waals surface area contributed by atoms with Crippen molar-refractivity contribution in [2.24, 2.45) is 5.73 Å². The fraction of sp³-hybridized carbons (Fsp3) is 0.222. The molecule has 2 aromatic rings. The van der Waals surface area contributed by atoms with Crippen LogP contribution in [0.15, 0.2) is 54.6 Å². The lowest BCUT2D eigenvalue weighted by Crippen LogP contribution is -3.06. The molecule has 0 radical (unpaired) electrons. The number of nitrogens with one attached hydrogen (secondary N) is 3. The molecule has 6 nitrogen and oxygen atoms in total. The van der Waals surface area contributed by atoms with Gasteiger partial charge in [0.1, 0.15) is 12.6 Å². The maximum atomic E-state index is 12.6. The molecule has 0 saturated carbocycles. The van der Waals surface area contributed by atoms with Crippen LogP contribution in [-0.4, -0.2) is 32.6 Å².